The summed E-state index contributed by atoms with van der Waals surface area (Å²) in [4.78, 5) is 15.1. The van der Waals surface area contributed by atoms with E-state index in [2.05, 4.69) is 115 Å². The van der Waals surface area contributed by atoms with Crippen LogP contribution in [0.25, 0.3) is 88.7 Å². The predicted molar refractivity (Wildman–Crippen MR) is 200 cm³/mol. The van der Waals surface area contributed by atoms with Gasteiger partial charge in [-0.05, 0) is 60.6 Å². The standard InChI is InChI=1S/C45H29N3/c1-3-15-30(16-4-1)43-46-44(31-17-5-2-6-18-31)48-45(47-43)41-26-14-13-24-38(41)34-20-8-7-19-33(34)32-27-28-40-37-23-10-9-21-35(37)36-22-11-12-25-39(36)42(40)29-32/h1-29H. The van der Waals surface area contributed by atoms with E-state index in [9.17, 15) is 0 Å². The minimum absolute atomic E-state index is 0.643. The van der Waals surface area contributed by atoms with Gasteiger partial charge in [-0.1, -0.05) is 170 Å². The zero-order valence-electron chi connectivity index (χ0n) is 26.1. The van der Waals surface area contributed by atoms with Crippen LogP contribution in [-0.2, 0) is 0 Å². The van der Waals surface area contributed by atoms with E-state index in [0.29, 0.717) is 17.5 Å². The fourth-order valence-electron chi connectivity index (χ4n) is 6.89. The number of fused-ring (bicyclic) bond motifs is 6. The van der Waals surface area contributed by atoms with Crippen LogP contribution in [-0.4, -0.2) is 15.0 Å². The van der Waals surface area contributed by atoms with E-state index in [1.54, 1.807) is 0 Å². The van der Waals surface area contributed by atoms with Crippen LogP contribution in [0.4, 0.5) is 0 Å². The summed E-state index contributed by atoms with van der Waals surface area (Å²) < 4.78 is 0. The third kappa shape index (κ3) is 4.81. The van der Waals surface area contributed by atoms with Gasteiger partial charge >= 0.3 is 0 Å². The molecule has 224 valence electrons. The summed E-state index contributed by atoms with van der Waals surface area (Å²) in [6, 6.07) is 61.7. The second-order valence-electron chi connectivity index (χ2n) is 12.0. The topological polar surface area (TPSA) is 38.7 Å². The molecule has 0 atom stereocenters. The van der Waals surface area contributed by atoms with Crippen LogP contribution in [0, 0.1) is 0 Å². The van der Waals surface area contributed by atoms with Crippen molar-refractivity contribution in [1.29, 1.82) is 0 Å². The van der Waals surface area contributed by atoms with Gasteiger partial charge in [0.15, 0.2) is 17.5 Å². The van der Waals surface area contributed by atoms with Gasteiger partial charge in [0.1, 0.15) is 0 Å². The Balaban J connectivity index is 1.25. The van der Waals surface area contributed by atoms with Gasteiger partial charge in [-0.2, -0.15) is 0 Å². The third-order valence-electron chi connectivity index (χ3n) is 9.14. The second kappa shape index (κ2) is 11.7. The van der Waals surface area contributed by atoms with Gasteiger partial charge in [0.2, 0.25) is 0 Å². The van der Waals surface area contributed by atoms with E-state index in [-0.39, 0.29) is 0 Å². The molecule has 1 aromatic heterocycles. The highest BCUT2D eigenvalue weighted by atomic mass is 15.0. The van der Waals surface area contributed by atoms with Crippen LogP contribution in [0.2, 0.25) is 0 Å². The molecule has 0 radical (unpaired) electrons. The van der Waals surface area contributed by atoms with Gasteiger partial charge in [-0.15, -0.1) is 0 Å². The van der Waals surface area contributed by atoms with Crippen LogP contribution >= 0.6 is 0 Å². The maximum atomic E-state index is 5.07. The molecule has 0 aliphatic carbocycles. The normalized spacial score (nSPS) is 11.3. The molecule has 0 unspecified atom stereocenters. The van der Waals surface area contributed by atoms with Crippen molar-refractivity contribution in [1.82, 2.24) is 15.0 Å². The van der Waals surface area contributed by atoms with Crippen LogP contribution in [0.15, 0.2) is 176 Å². The van der Waals surface area contributed by atoms with Crippen molar-refractivity contribution < 1.29 is 0 Å². The molecule has 0 spiro atoms. The lowest BCUT2D eigenvalue weighted by atomic mass is 9.88. The average molecular weight is 612 g/mol. The zero-order chi connectivity index (χ0) is 31.9. The molecule has 3 nitrogen and oxygen atoms in total. The Morgan fingerprint density at radius 2 is 0.604 bits per heavy atom. The third-order valence-corrected chi connectivity index (χ3v) is 9.14. The summed E-state index contributed by atoms with van der Waals surface area (Å²) in [5.74, 6) is 1.94. The van der Waals surface area contributed by atoms with Gasteiger partial charge in [0.05, 0.1) is 0 Å². The molecule has 0 aliphatic heterocycles. The number of nitrogens with zero attached hydrogens (tertiary/aromatic N) is 3. The molecule has 0 amide bonds. The number of rotatable bonds is 5. The number of hydrogen-bond donors (Lipinski definition) is 0. The Morgan fingerprint density at radius 1 is 0.229 bits per heavy atom. The van der Waals surface area contributed by atoms with Gasteiger partial charge in [-0.3, -0.25) is 0 Å². The van der Waals surface area contributed by atoms with Crippen LogP contribution in [0.5, 0.6) is 0 Å². The van der Waals surface area contributed by atoms with Gasteiger partial charge in [-0.25, -0.2) is 15.0 Å². The van der Waals surface area contributed by atoms with Crippen molar-refractivity contribution in [2.24, 2.45) is 0 Å². The first-order valence-corrected chi connectivity index (χ1v) is 16.2. The van der Waals surface area contributed by atoms with Crippen molar-refractivity contribution in [3.8, 4) is 56.4 Å². The van der Waals surface area contributed by atoms with E-state index in [1.165, 1.54) is 37.9 Å². The molecule has 0 bridgehead atoms. The van der Waals surface area contributed by atoms with Crippen molar-refractivity contribution in [2.45, 2.75) is 0 Å². The summed E-state index contributed by atoms with van der Waals surface area (Å²) in [6.07, 6.45) is 0. The Morgan fingerprint density at radius 3 is 1.15 bits per heavy atom. The molecule has 3 heteroatoms. The molecule has 0 aliphatic rings. The molecule has 48 heavy (non-hydrogen) atoms. The molecule has 0 saturated heterocycles. The van der Waals surface area contributed by atoms with Gasteiger partial charge < -0.3 is 0 Å². The Labute approximate surface area is 278 Å². The fourth-order valence-corrected chi connectivity index (χ4v) is 6.89. The second-order valence-corrected chi connectivity index (χ2v) is 12.0. The minimum atomic E-state index is 0.643. The van der Waals surface area contributed by atoms with Gasteiger partial charge in [0, 0.05) is 16.7 Å². The number of hydrogen-bond acceptors (Lipinski definition) is 3. The molecule has 0 fully saturated rings. The van der Waals surface area contributed by atoms with Crippen LogP contribution in [0.1, 0.15) is 0 Å². The number of aromatic nitrogens is 3. The van der Waals surface area contributed by atoms with Crippen molar-refractivity contribution in [3.05, 3.63) is 176 Å². The summed E-state index contributed by atoms with van der Waals surface area (Å²) in [5, 5.41) is 7.60. The fraction of sp³-hybridized carbons (Fsp3) is 0. The molecule has 9 aromatic rings. The molecule has 1 heterocycles. The Hall–Kier alpha value is -6.45. The van der Waals surface area contributed by atoms with E-state index in [0.717, 1.165) is 33.4 Å². The molecule has 9 rings (SSSR count). The SMILES string of the molecule is c1ccc(-c2nc(-c3ccccc3)nc(-c3ccccc3-c3ccccc3-c3ccc4c5ccccc5c5ccccc5c4c3)n2)cc1. The Bertz CT molecular complexity index is 2520. The largest absolute Gasteiger partial charge is 0.208 e. The lowest BCUT2D eigenvalue weighted by Crippen LogP contribution is -2.01. The lowest BCUT2D eigenvalue weighted by Gasteiger charge is -2.16. The summed E-state index contributed by atoms with van der Waals surface area (Å²) in [6.45, 7) is 0. The van der Waals surface area contributed by atoms with Crippen LogP contribution in [0.3, 0.4) is 0 Å². The predicted octanol–water partition coefficient (Wildman–Crippen LogP) is 11.7. The highest BCUT2D eigenvalue weighted by molar-refractivity contribution is 6.25. The van der Waals surface area contributed by atoms with E-state index in [1.807, 2.05) is 60.7 Å². The molecule has 0 N–H and O–H groups in total. The molecule has 8 aromatic carbocycles. The van der Waals surface area contributed by atoms with Crippen molar-refractivity contribution >= 4 is 32.3 Å². The number of benzene rings is 8. The highest BCUT2D eigenvalue weighted by Crippen LogP contribution is 2.41. The van der Waals surface area contributed by atoms with Crippen molar-refractivity contribution in [2.75, 3.05) is 0 Å². The zero-order valence-corrected chi connectivity index (χ0v) is 26.1. The summed E-state index contributed by atoms with van der Waals surface area (Å²) >= 11 is 0. The van der Waals surface area contributed by atoms with Gasteiger partial charge in [0.25, 0.3) is 0 Å². The quantitative estimate of drug-likeness (QED) is 0.182. The monoisotopic (exact) mass is 611 g/mol. The average Bonchev–Trinajstić information content (AvgIpc) is 3.18. The molecular formula is C45H29N3. The minimum Gasteiger partial charge on any atom is -0.208 e. The first-order chi connectivity index (χ1) is 23.8. The van der Waals surface area contributed by atoms with E-state index in [4.69, 9.17) is 15.0 Å². The van der Waals surface area contributed by atoms with E-state index < -0.39 is 0 Å². The Kier molecular flexibility index (Phi) is 6.80. The highest BCUT2D eigenvalue weighted by Gasteiger charge is 2.18. The van der Waals surface area contributed by atoms with E-state index >= 15 is 0 Å². The molecular weight excluding hydrogens is 583 g/mol. The van der Waals surface area contributed by atoms with Crippen molar-refractivity contribution in [3.63, 3.8) is 0 Å². The van der Waals surface area contributed by atoms with Crippen LogP contribution < -0.4 is 0 Å². The molecule has 0 saturated carbocycles. The maximum absolute atomic E-state index is 5.07. The summed E-state index contributed by atoms with van der Waals surface area (Å²) in [5.41, 5.74) is 7.38. The first kappa shape index (κ1) is 27.8. The maximum Gasteiger partial charge on any atom is 0.164 e. The lowest BCUT2D eigenvalue weighted by molar-refractivity contribution is 1.07. The first-order valence-electron chi connectivity index (χ1n) is 16.2. The summed E-state index contributed by atoms with van der Waals surface area (Å²) in [7, 11) is 0. The smallest absolute Gasteiger partial charge is 0.164 e.